The Morgan fingerprint density at radius 3 is 2.54 bits per heavy atom. The van der Waals surface area contributed by atoms with Crippen LogP contribution in [0.25, 0.3) is 0 Å². The summed E-state index contributed by atoms with van der Waals surface area (Å²) in [6.07, 6.45) is 6.99. The van der Waals surface area contributed by atoms with Gasteiger partial charge in [-0.25, -0.2) is 0 Å². The predicted molar refractivity (Wildman–Crippen MR) is 57.3 cm³/mol. The molecule has 0 heterocycles. The molecule has 0 amide bonds. The summed E-state index contributed by atoms with van der Waals surface area (Å²) >= 11 is 0. The molecule has 0 fully saturated rings. The van der Waals surface area contributed by atoms with Gasteiger partial charge in [0.05, 0.1) is 7.85 Å². The van der Waals surface area contributed by atoms with Crippen LogP contribution in [-0.2, 0) is 19.3 Å². The van der Waals surface area contributed by atoms with E-state index < -0.39 is 0 Å². The smallest absolute Gasteiger partial charge is 0.0653 e. The first-order chi connectivity index (χ1) is 6.40. The topological polar surface area (TPSA) is 0 Å². The second kappa shape index (κ2) is 4.00. The molecule has 0 spiro atoms. The van der Waals surface area contributed by atoms with Gasteiger partial charge in [-0.15, -0.1) is 0 Å². The van der Waals surface area contributed by atoms with E-state index in [1.165, 1.54) is 31.2 Å². The first-order valence-electron chi connectivity index (χ1n) is 5.21. The zero-order chi connectivity index (χ0) is 9.10. The van der Waals surface area contributed by atoms with E-state index in [2.05, 4.69) is 18.2 Å². The maximum atomic E-state index is 5.46. The van der Waals surface area contributed by atoms with Crippen LogP contribution < -0.4 is 0 Å². The number of unbranched alkanes of at least 4 members (excludes halogenated alkanes) is 1. The van der Waals surface area contributed by atoms with Gasteiger partial charge in [0.2, 0.25) is 0 Å². The van der Waals surface area contributed by atoms with E-state index in [9.17, 15) is 0 Å². The Morgan fingerprint density at radius 1 is 1.08 bits per heavy atom. The fourth-order valence-electron chi connectivity index (χ4n) is 1.88. The molecule has 1 aromatic rings. The van der Waals surface area contributed by atoms with Crippen molar-refractivity contribution in [3.63, 3.8) is 0 Å². The number of hydrogen-bond acceptors (Lipinski definition) is 0. The SMILES string of the molecule is [B]CCCCc1ccc2c(c1)CC2. The Labute approximate surface area is 81.8 Å². The van der Waals surface area contributed by atoms with Crippen molar-refractivity contribution in [1.82, 2.24) is 0 Å². The van der Waals surface area contributed by atoms with Crippen LogP contribution in [0.2, 0.25) is 6.32 Å². The van der Waals surface area contributed by atoms with Crippen LogP contribution in [0.3, 0.4) is 0 Å². The molecule has 2 rings (SSSR count). The standard InChI is InChI=1S/C12H15B/c13-8-2-1-3-10-4-5-11-6-7-12(11)9-10/h4-5,9H,1-3,6-8H2. The van der Waals surface area contributed by atoms with Crippen LogP contribution in [0.1, 0.15) is 29.5 Å². The minimum absolute atomic E-state index is 0.824. The third-order valence-corrected chi connectivity index (χ3v) is 2.85. The third-order valence-electron chi connectivity index (χ3n) is 2.85. The number of hydrogen-bond donors (Lipinski definition) is 0. The quantitative estimate of drug-likeness (QED) is 0.481. The summed E-state index contributed by atoms with van der Waals surface area (Å²) in [5.74, 6) is 0. The zero-order valence-corrected chi connectivity index (χ0v) is 8.05. The summed E-state index contributed by atoms with van der Waals surface area (Å²) in [4.78, 5) is 0. The number of fused-ring (bicyclic) bond motifs is 1. The Bertz CT molecular complexity index is 291. The van der Waals surface area contributed by atoms with E-state index in [0.717, 1.165) is 12.7 Å². The molecule has 0 N–H and O–H groups in total. The lowest BCUT2D eigenvalue weighted by molar-refractivity contribution is 0.781. The molecule has 0 aromatic heterocycles. The van der Waals surface area contributed by atoms with E-state index in [0.29, 0.717) is 0 Å². The second-order valence-electron chi connectivity index (χ2n) is 3.85. The van der Waals surface area contributed by atoms with Crippen molar-refractivity contribution in [3.8, 4) is 0 Å². The van der Waals surface area contributed by atoms with Gasteiger partial charge in [-0.1, -0.05) is 30.9 Å². The molecule has 0 saturated carbocycles. The van der Waals surface area contributed by atoms with Crippen molar-refractivity contribution in [2.24, 2.45) is 0 Å². The predicted octanol–water partition coefficient (Wildman–Crippen LogP) is 2.69. The molecular formula is C12H15B. The molecule has 0 bridgehead atoms. The van der Waals surface area contributed by atoms with E-state index in [1.807, 2.05) is 0 Å². The van der Waals surface area contributed by atoms with Gasteiger partial charge in [0.15, 0.2) is 0 Å². The molecule has 0 aliphatic heterocycles. The average Bonchev–Trinajstić information content (AvgIpc) is 2.10. The highest BCUT2D eigenvalue weighted by atomic mass is 14.2. The van der Waals surface area contributed by atoms with Crippen LogP contribution >= 0.6 is 0 Å². The van der Waals surface area contributed by atoms with E-state index in [1.54, 1.807) is 11.1 Å². The fourth-order valence-corrected chi connectivity index (χ4v) is 1.88. The van der Waals surface area contributed by atoms with Gasteiger partial charge in [-0.2, -0.15) is 0 Å². The number of aryl methyl sites for hydroxylation is 3. The molecule has 0 saturated heterocycles. The third kappa shape index (κ3) is 1.96. The highest BCUT2D eigenvalue weighted by Gasteiger charge is 2.11. The van der Waals surface area contributed by atoms with Crippen LogP contribution in [0, 0.1) is 0 Å². The summed E-state index contributed by atoms with van der Waals surface area (Å²) in [7, 11) is 5.46. The highest BCUT2D eigenvalue weighted by molar-refractivity contribution is 6.08. The van der Waals surface area contributed by atoms with Crippen LogP contribution in [0.5, 0.6) is 0 Å². The largest absolute Gasteiger partial charge is 0.0887 e. The van der Waals surface area contributed by atoms with Gasteiger partial charge >= 0.3 is 0 Å². The zero-order valence-electron chi connectivity index (χ0n) is 8.05. The van der Waals surface area contributed by atoms with Crippen molar-refractivity contribution in [3.05, 3.63) is 34.9 Å². The van der Waals surface area contributed by atoms with Gasteiger partial charge < -0.3 is 0 Å². The lowest BCUT2D eigenvalue weighted by Crippen LogP contribution is -2.08. The molecule has 66 valence electrons. The lowest BCUT2D eigenvalue weighted by atomic mass is 9.86. The van der Waals surface area contributed by atoms with Crippen molar-refractivity contribution in [1.29, 1.82) is 0 Å². The molecule has 0 unspecified atom stereocenters. The number of rotatable bonds is 4. The highest BCUT2D eigenvalue weighted by Crippen LogP contribution is 2.24. The first kappa shape index (κ1) is 8.86. The normalized spacial score (nSPS) is 13.5. The molecule has 0 nitrogen and oxygen atoms in total. The molecule has 1 aliphatic carbocycles. The Kier molecular flexibility index (Phi) is 2.72. The van der Waals surface area contributed by atoms with Gasteiger partial charge in [-0.3, -0.25) is 0 Å². The summed E-state index contributed by atoms with van der Waals surface area (Å²) < 4.78 is 0. The minimum Gasteiger partial charge on any atom is -0.0887 e. The maximum absolute atomic E-state index is 5.46. The Hall–Kier alpha value is -0.715. The van der Waals surface area contributed by atoms with Crippen molar-refractivity contribution < 1.29 is 0 Å². The lowest BCUT2D eigenvalue weighted by Gasteiger charge is -2.19. The average molecular weight is 170 g/mol. The van der Waals surface area contributed by atoms with E-state index in [4.69, 9.17) is 7.85 Å². The monoisotopic (exact) mass is 170 g/mol. The van der Waals surface area contributed by atoms with Crippen LogP contribution in [-0.4, -0.2) is 7.85 Å². The molecular weight excluding hydrogens is 155 g/mol. The van der Waals surface area contributed by atoms with Crippen LogP contribution in [0.15, 0.2) is 18.2 Å². The van der Waals surface area contributed by atoms with E-state index >= 15 is 0 Å². The second-order valence-corrected chi connectivity index (χ2v) is 3.85. The van der Waals surface area contributed by atoms with E-state index in [-0.39, 0.29) is 0 Å². The summed E-state index contributed by atoms with van der Waals surface area (Å²) in [6, 6.07) is 6.93. The Balaban J connectivity index is 1.93. The summed E-state index contributed by atoms with van der Waals surface area (Å²) in [5, 5.41) is 0. The Morgan fingerprint density at radius 2 is 1.92 bits per heavy atom. The van der Waals surface area contributed by atoms with Gasteiger partial charge in [0.1, 0.15) is 0 Å². The number of benzene rings is 1. The molecule has 1 aromatic carbocycles. The van der Waals surface area contributed by atoms with Crippen molar-refractivity contribution in [2.45, 2.75) is 38.4 Å². The molecule has 0 atom stereocenters. The molecule has 1 heteroatoms. The van der Waals surface area contributed by atoms with Crippen molar-refractivity contribution >= 4 is 7.85 Å². The van der Waals surface area contributed by atoms with Crippen molar-refractivity contribution in [2.75, 3.05) is 0 Å². The first-order valence-corrected chi connectivity index (χ1v) is 5.21. The molecule has 13 heavy (non-hydrogen) atoms. The molecule has 2 radical (unpaired) electrons. The van der Waals surface area contributed by atoms with Crippen LogP contribution in [0.4, 0.5) is 0 Å². The molecule has 1 aliphatic rings. The maximum Gasteiger partial charge on any atom is 0.0653 e. The van der Waals surface area contributed by atoms with Gasteiger partial charge in [0.25, 0.3) is 0 Å². The minimum atomic E-state index is 0.824. The van der Waals surface area contributed by atoms with Gasteiger partial charge in [0, 0.05) is 0 Å². The summed E-state index contributed by atoms with van der Waals surface area (Å²) in [6.45, 7) is 0. The van der Waals surface area contributed by atoms with Gasteiger partial charge in [-0.05, 0) is 42.4 Å². The fraction of sp³-hybridized carbons (Fsp3) is 0.500. The summed E-state index contributed by atoms with van der Waals surface area (Å²) in [5.41, 5.74) is 4.62.